The Bertz CT molecular complexity index is 3220. The van der Waals surface area contributed by atoms with E-state index in [1.165, 1.54) is 54.3 Å². The van der Waals surface area contributed by atoms with Crippen molar-refractivity contribution < 1.29 is 0 Å². The molecule has 0 amide bonds. The van der Waals surface area contributed by atoms with Gasteiger partial charge < -0.3 is 4.57 Å². The molecular weight excluding hydrogens is 747 g/mol. The minimum Gasteiger partial charge on any atom is -0.309 e. The van der Waals surface area contributed by atoms with E-state index in [1.54, 1.807) is 11.3 Å². The third-order valence-corrected chi connectivity index (χ3v) is 12.0. The van der Waals surface area contributed by atoms with Crippen LogP contribution >= 0.6 is 11.3 Å². The Hall–Kier alpha value is -7.14. The number of hydrogen-bond donors (Lipinski definition) is 0. The van der Waals surface area contributed by atoms with Crippen LogP contribution in [0.2, 0.25) is 0 Å². The van der Waals surface area contributed by atoms with Gasteiger partial charge in [0.25, 0.3) is 0 Å². The molecule has 0 aliphatic rings. The Labute approximate surface area is 355 Å². The molecule has 0 saturated carbocycles. The zero-order chi connectivity index (χ0) is 41.0. The van der Waals surface area contributed by atoms with E-state index in [2.05, 4.69) is 199 Å². The van der Waals surface area contributed by atoms with E-state index in [0.717, 1.165) is 49.5 Å². The molecule has 0 atom stereocenters. The molecule has 0 aliphatic carbocycles. The highest BCUT2D eigenvalue weighted by molar-refractivity contribution is 7.26. The maximum absolute atomic E-state index is 5.34. The van der Waals surface area contributed by atoms with E-state index in [9.17, 15) is 0 Å². The fraction of sp³-hybridized carbons (Fsp3) is 0.0714. The molecule has 0 unspecified atom stereocenters. The molecule has 290 valence electrons. The monoisotopic (exact) mass is 791 g/mol. The van der Waals surface area contributed by atoms with E-state index >= 15 is 0 Å². The summed E-state index contributed by atoms with van der Waals surface area (Å²) in [4.78, 5) is 10.6. The summed E-state index contributed by atoms with van der Waals surface area (Å²) in [7, 11) is 0. The van der Waals surface area contributed by atoms with Crippen LogP contribution in [0.4, 0.5) is 0 Å². The minimum atomic E-state index is 0.728. The first kappa shape index (κ1) is 38.4. The van der Waals surface area contributed by atoms with E-state index < -0.39 is 0 Å². The number of hydrogen-bond acceptors (Lipinski definition) is 3. The number of thiophene rings is 1. The summed E-state index contributed by atoms with van der Waals surface area (Å²) < 4.78 is 4.65. The van der Waals surface area contributed by atoms with Gasteiger partial charge in [0.15, 0.2) is 5.82 Å². The van der Waals surface area contributed by atoms with Crippen LogP contribution < -0.4 is 0 Å². The van der Waals surface area contributed by atoms with Crippen molar-refractivity contribution in [3.63, 3.8) is 0 Å². The van der Waals surface area contributed by atoms with Crippen molar-refractivity contribution in [2.75, 3.05) is 0 Å². The minimum absolute atomic E-state index is 0.728. The molecule has 0 spiro atoms. The molecular formula is C56H45N3S. The van der Waals surface area contributed by atoms with Gasteiger partial charge in [0, 0.05) is 37.7 Å². The van der Waals surface area contributed by atoms with Crippen LogP contribution in [0, 0.1) is 0 Å². The summed E-state index contributed by atoms with van der Waals surface area (Å²) in [6.07, 6.45) is 0. The van der Waals surface area contributed by atoms with Crippen LogP contribution in [0.15, 0.2) is 200 Å². The van der Waals surface area contributed by atoms with Crippen LogP contribution in [0.3, 0.4) is 0 Å². The second-order valence-corrected chi connectivity index (χ2v) is 15.2. The van der Waals surface area contributed by atoms with Gasteiger partial charge in [0.2, 0.25) is 0 Å². The van der Waals surface area contributed by atoms with Gasteiger partial charge in [-0.15, -0.1) is 11.3 Å². The van der Waals surface area contributed by atoms with Gasteiger partial charge in [0.05, 0.1) is 26.9 Å². The van der Waals surface area contributed by atoms with Gasteiger partial charge >= 0.3 is 0 Å². The van der Waals surface area contributed by atoms with Gasteiger partial charge in [-0.25, -0.2) is 9.97 Å². The van der Waals surface area contributed by atoms with E-state index in [0.29, 0.717) is 0 Å². The lowest BCUT2D eigenvalue weighted by Gasteiger charge is -2.10. The average molecular weight is 792 g/mol. The maximum atomic E-state index is 5.34. The molecule has 11 aromatic rings. The van der Waals surface area contributed by atoms with Gasteiger partial charge in [-0.2, -0.15) is 0 Å². The Balaban J connectivity index is 0.00000112. The molecule has 4 heteroatoms. The lowest BCUT2D eigenvalue weighted by atomic mass is 9.96. The van der Waals surface area contributed by atoms with Crippen molar-refractivity contribution in [3.8, 4) is 61.7 Å². The SMILES string of the molecule is CC.CC.c1ccc(-c2ccc(-c3nc(-c4ccccc4)nc4c3sc3cccc(-c5cccc(-c6ccc7c(c6)c6ccccc6n7-c6ccccc6)c5)c34)cc2)cc1. The predicted octanol–water partition coefficient (Wildman–Crippen LogP) is 16.3. The van der Waals surface area contributed by atoms with Crippen LogP contribution in [-0.2, 0) is 0 Å². The highest BCUT2D eigenvalue weighted by Gasteiger charge is 2.20. The standard InChI is InChI=1S/C52H33N3S.2C2H6/c1-4-14-34(15-5-1)35-26-28-36(29-27-35)49-51-50(54-52(53-49)37-16-6-2-7-17-37)48-42(23-13-25-47(48)56-51)40-19-12-18-38(32-40)39-30-31-46-44(33-39)43-22-10-11-24-45(43)55(46)41-20-8-3-9-21-41;2*1-2/h1-33H;2*1-2H3. The van der Waals surface area contributed by atoms with Gasteiger partial charge in [-0.3, -0.25) is 0 Å². The quantitative estimate of drug-likeness (QED) is 0.168. The summed E-state index contributed by atoms with van der Waals surface area (Å²) in [5, 5.41) is 3.65. The molecule has 0 radical (unpaired) electrons. The van der Waals surface area contributed by atoms with Crippen molar-refractivity contribution in [2.45, 2.75) is 27.7 Å². The summed E-state index contributed by atoms with van der Waals surface area (Å²) in [6, 6.07) is 71.4. The summed E-state index contributed by atoms with van der Waals surface area (Å²) >= 11 is 1.77. The number of benzene rings is 8. The highest BCUT2D eigenvalue weighted by Crippen LogP contribution is 2.44. The molecule has 3 heterocycles. The third-order valence-electron chi connectivity index (χ3n) is 10.8. The molecule has 0 saturated heterocycles. The summed E-state index contributed by atoms with van der Waals surface area (Å²) in [6.45, 7) is 8.00. The average Bonchev–Trinajstić information content (AvgIpc) is 3.89. The molecule has 8 aromatic carbocycles. The zero-order valence-electron chi connectivity index (χ0n) is 34.3. The first-order chi connectivity index (χ1) is 29.8. The van der Waals surface area contributed by atoms with Crippen LogP contribution in [0.5, 0.6) is 0 Å². The largest absolute Gasteiger partial charge is 0.309 e. The second-order valence-electron chi connectivity index (χ2n) is 14.2. The number of para-hydroxylation sites is 2. The first-order valence-electron chi connectivity index (χ1n) is 20.9. The number of aromatic nitrogens is 3. The van der Waals surface area contributed by atoms with Crippen molar-refractivity contribution in [1.29, 1.82) is 0 Å². The van der Waals surface area contributed by atoms with Crippen molar-refractivity contribution in [1.82, 2.24) is 14.5 Å². The molecule has 60 heavy (non-hydrogen) atoms. The van der Waals surface area contributed by atoms with E-state index in [4.69, 9.17) is 9.97 Å². The normalized spacial score (nSPS) is 11.0. The zero-order valence-corrected chi connectivity index (χ0v) is 35.1. The van der Waals surface area contributed by atoms with Gasteiger partial charge in [-0.05, 0) is 75.8 Å². The number of rotatable bonds is 6. The molecule has 0 fully saturated rings. The Morgan fingerprint density at radius 2 is 0.950 bits per heavy atom. The smallest absolute Gasteiger partial charge is 0.160 e. The van der Waals surface area contributed by atoms with Gasteiger partial charge in [-0.1, -0.05) is 185 Å². The van der Waals surface area contributed by atoms with Crippen LogP contribution in [0.1, 0.15) is 27.7 Å². The first-order valence-corrected chi connectivity index (χ1v) is 21.7. The lowest BCUT2D eigenvalue weighted by molar-refractivity contribution is 1.18. The maximum Gasteiger partial charge on any atom is 0.160 e. The van der Waals surface area contributed by atoms with Crippen molar-refractivity contribution in [2.24, 2.45) is 0 Å². The van der Waals surface area contributed by atoms with Crippen LogP contribution in [0.25, 0.3) is 104 Å². The van der Waals surface area contributed by atoms with Crippen LogP contribution in [-0.4, -0.2) is 14.5 Å². The Kier molecular flexibility index (Phi) is 10.9. The summed E-state index contributed by atoms with van der Waals surface area (Å²) in [5.41, 5.74) is 14.7. The molecule has 0 bridgehead atoms. The Morgan fingerprint density at radius 1 is 0.400 bits per heavy atom. The fourth-order valence-electron chi connectivity index (χ4n) is 8.16. The molecule has 0 N–H and O–H groups in total. The fourth-order valence-corrected chi connectivity index (χ4v) is 9.34. The summed E-state index contributed by atoms with van der Waals surface area (Å²) in [5.74, 6) is 0.728. The molecule has 3 nitrogen and oxygen atoms in total. The van der Waals surface area contributed by atoms with Crippen molar-refractivity contribution in [3.05, 3.63) is 200 Å². The molecule has 3 aromatic heterocycles. The topological polar surface area (TPSA) is 30.7 Å². The van der Waals surface area contributed by atoms with E-state index in [1.807, 2.05) is 33.8 Å². The van der Waals surface area contributed by atoms with Crippen molar-refractivity contribution >= 4 is 53.4 Å². The van der Waals surface area contributed by atoms with Gasteiger partial charge in [0.1, 0.15) is 0 Å². The lowest BCUT2D eigenvalue weighted by Crippen LogP contribution is -1.94. The molecule has 0 aliphatic heterocycles. The Morgan fingerprint density at radius 3 is 1.70 bits per heavy atom. The number of nitrogens with zero attached hydrogens (tertiary/aromatic N) is 3. The van der Waals surface area contributed by atoms with E-state index in [-0.39, 0.29) is 0 Å². The number of fused-ring (bicyclic) bond motifs is 6. The second kappa shape index (κ2) is 17.0. The highest BCUT2D eigenvalue weighted by atomic mass is 32.1. The third kappa shape index (κ3) is 6.95. The molecule has 11 rings (SSSR count). The predicted molar refractivity (Wildman–Crippen MR) is 259 cm³/mol.